The van der Waals surface area contributed by atoms with Crippen LogP contribution in [0.5, 0.6) is 0 Å². The van der Waals surface area contributed by atoms with Crippen LogP contribution in [0.3, 0.4) is 0 Å². The number of carbonyl (C=O) groups excluding carboxylic acids is 2. The van der Waals surface area contributed by atoms with Crippen molar-refractivity contribution in [2.75, 3.05) is 40.9 Å². The predicted octanol–water partition coefficient (Wildman–Crippen LogP) is 19.8. The number of likely N-dealkylation sites (N-methyl/N-ethyl adjacent to an activating group) is 1. The molecule has 3 unspecified atom stereocenters. The number of ether oxygens (including phenoxy) is 1. The second-order valence-corrected chi connectivity index (χ2v) is 24.0. The molecular formula is C67H122N2O7P+. The molecule has 0 fully saturated rings. The standard InChI is InChI=1S/C67H121N2O7P/c1-7-10-13-16-19-22-25-27-29-30-31-32-33-34-35-36-37-38-40-41-44-47-50-53-56-59-66(70)68-64(63-75-77(72,73)74-62-61-69(4,5)6)65(58-55-52-49-46-43-24-21-18-15-12-9-3)76-67(71)60-57-54-51-48-45-42-39-28-26-23-20-17-14-11-8-2/h10,13,19,22-23,26-27,29,31-32,34-35,55,58,64-65H,7-9,11-12,14-18,20-21,24-25,28,30,33,36-54,56-57,59-63H2,1-6H3,(H-,68,70,72,73)/p+1/b13-10-,22-19-,26-23-,29-27-,32-31-,35-34-,58-55-. The summed E-state index contributed by atoms with van der Waals surface area (Å²) in [6.45, 7) is 6.88. The van der Waals surface area contributed by atoms with Crippen LogP contribution < -0.4 is 5.32 Å². The molecule has 0 saturated heterocycles. The van der Waals surface area contributed by atoms with Crippen LogP contribution in [-0.4, -0.2) is 74.3 Å². The van der Waals surface area contributed by atoms with Gasteiger partial charge in [-0.05, 0) is 102 Å². The van der Waals surface area contributed by atoms with Crippen LogP contribution in [0.1, 0.15) is 278 Å². The maximum absolute atomic E-state index is 13.6. The maximum Gasteiger partial charge on any atom is 0.472 e. The second-order valence-electron chi connectivity index (χ2n) is 22.5. The van der Waals surface area contributed by atoms with Gasteiger partial charge in [0.05, 0.1) is 33.8 Å². The quantitative estimate of drug-likeness (QED) is 0.0205. The number of nitrogens with one attached hydrogen (secondary N) is 1. The molecule has 2 N–H and O–H groups in total. The van der Waals surface area contributed by atoms with Crippen molar-refractivity contribution in [3.8, 4) is 0 Å². The lowest BCUT2D eigenvalue weighted by molar-refractivity contribution is -0.870. The van der Waals surface area contributed by atoms with Crippen molar-refractivity contribution >= 4 is 19.7 Å². The van der Waals surface area contributed by atoms with E-state index in [1.54, 1.807) is 0 Å². The van der Waals surface area contributed by atoms with Crippen molar-refractivity contribution in [3.63, 3.8) is 0 Å². The molecule has 0 saturated carbocycles. The highest BCUT2D eigenvalue weighted by Crippen LogP contribution is 2.43. The Balaban J connectivity index is 5.13. The van der Waals surface area contributed by atoms with E-state index in [2.05, 4.69) is 99.0 Å². The van der Waals surface area contributed by atoms with E-state index in [1.165, 1.54) is 128 Å². The number of unbranched alkanes of at least 4 members (excludes halogenated alkanes) is 29. The summed E-state index contributed by atoms with van der Waals surface area (Å²) >= 11 is 0. The molecule has 0 radical (unpaired) electrons. The molecule has 0 aliphatic carbocycles. The van der Waals surface area contributed by atoms with Crippen molar-refractivity contribution in [3.05, 3.63) is 85.1 Å². The third kappa shape index (κ3) is 57.7. The van der Waals surface area contributed by atoms with Crippen molar-refractivity contribution in [2.45, 2.75) is 290 Å². The Labute approximate surface area is 476 Å². The zero-order valence-electron chi connectivity index (χ0n) is 50.9. The first-order valence-electron chi connectivity index (χ1n) is 31.9. The molecule has 0 aromatic carbocycles. The van der Waals surface area contributed by atoms with E-state index in [0.717, 1.165) is 116 Å². The number of nitrogens with zero attached hydrogens (tertiary/aromatic N) is 1. The van der Waals surface area contributed by atoms with Crippen molar-refractivity contribution in [1.29, 1.82) is 0 Å². The number of phosphoric acid groups is 1. The van der Waals surface area contributed by atoms with E-state index in [4.69, 9.17) is 13.8 Å². The molecule has 1 amide bonds. The largest absolute Gasteiger partial charge is 0.472 e. The maximum atomic E-state index is 13.6. The molecule has 0 aliphatic heterocycles. The third-order valence-electron chi connectivity index (χ3n) is 13.8. The van der Waals surface area contributed by atoms with E-state index in [-0.39, 0.29) is 31.5 Å². The molecule has 0 bridgehead atoms. The Bertz CT molecular complexity index is 1590. The summed E-state index contributed by atoms with van der Waals surface area (Å²) in [5.74, 6) is -0.517. The van der Waals surface area contributed by atoms with Gasteiger partial charge in [-0.15, -0.1) is 0 Å². The van der Waals surface area contributed by atoms with Crippen LogP contribution in [0, 0.1) is 0 Å². The van der Waals surface area contributed by atoms with Gasteiger partial charge in [-0.25, -0.2) is 4.57 Å². The highest BCUT2D eigenvalue weighted by molar-refractivity contribution is 7.47. The van der Waals surface area contributed by atoms with Gasteiger partial charge in [0.25, 0.3) is 0 Å². The minimum Gasteiger partial charge on any atom is -0.456 e. The first kappa shape index (κ1) is 74.2. The van der Waals surface area contributed by atoms with E-state index < -0.39 is 20.0 Å². The number of amides is 1. The molecule has 0 aromatic heterocycles. The molecule has 10 heteroatoms. The topological polar surface area (TPSA) is 111 Å². The van der Waals surface area contributed by atoms with Crippen LogP contribution in [0.15, 0.2) is 85.1 Å². The number of rotatable bonds is 57. The van der Waals surface area contributed by atoms with E-state index in [1.807, 2.05) is 33.3 Å². The van der Waals surface area contributed by atoms with E-state index >= 15 is 0 Å². The zero-order chi connectivity index (χ0) is 56.4. The fourth-order valence-corrected chi connectivity index (χ4v) is 9.64. The lowest BCUT2D eigenvalue weighted by atomic mass is 10.0. The highest BCUT2D eigenvalue weighted by Gasteiger charge is 2.30. The molecule has 0 rings (SSSR count). The zero-order valence-corrected chi connectivity index (χ0v) is 51.8. The third-order valence-corrected chi connectivity index (χ3v) is 14.8. The van der Waals surface area contributed by atoms with E-state index in [9.17, 15) is 19.0 Å². The predicted molar refractivity (Wildman–Crippen MR) is 332 cm³/mol. The fraction of sp³-hybridized carbons (Fsp3) is 0.761. The van der Waals surface area contributed by atoms with Gasteiger partial charge in [0.15, 0.2) is 0 Å². The number of esters is 1. The molecule has 3 atom stereocenters. The minimum absolute atomic E-state index is 0.0355. The smallest absolute Gasteiger partial charge is 0.456 e. The van der Waals surface area contributed by atoms with Gasteiger partial charge >= 0.3 is 13.8 Å². The van der Waals surface area contributed by atoms with Crippen molar-refractivity contribution in [1.82, 2.24) is 5.32 Å². The van der Waals surface area contributed by atoms with Gasteiger partial charge in [-0.3, -0.25) is 18.6 Å². The Hall–Kier alpha value is -2.81. The lowest BCUT2D eigenvalue weighted by Gasteiger charge is -2.27. The fourth-order valence-electron chi connectivity index (χ4n) is 8.90. The van der Waals surface area contributed by atoms with Gasteiger partial charge in [-0.1, -0.05) is 247 Å². The second kappa shape index (κ2) is 56.5. The number of carbonyl (C=O) groups is 2. The van der Waals surface area contributed by atoms with Crippen LogP contribution in [0.2, 0.25) is 0 Å². The van der Waals surface area contributed by atoms with Gasteiger partial charge in [0.1, 0.15) is 19.3 Å². The number of allylic oxidation sites excluding steroid dienone is 13. The summed E-state index contributed by atoms with van der Waals surface area (Å²) in [5.41, 5.74) is 0. The molecular weight excluding hydrogens is 976 g/mol. The number of hydrogen-bond donors (Lipinski definition) is 2. The highest BCUT2D eigenvalue weighted by atomic mass is 31.2. The van der Waals surface area contributed by atoms with Crippen LogP contribution in [-0.2, 0) is 27.9 Å². The molecule has 446 valence electrons. The average Bonchev–Trinajstić information content (AvgIpc) is 3.39. The molecule has 0 aromatic rings. The first-order valence-corrected chi connectivity index (χ1v) is 33.4. The van der Waals surface area contributed by atoms with Crippen LogP contribution in [0.4, 0.5) is 0 Å². The van der Waals surface area contributed by atoms with Gasteiger partial charge in [0.2, 0.25) is 5.91 Å². The Morgan fingerprint density at radius 3 is 1.27 bits per heavy atom. The minimum atomic E-state index is -4.45. The number of hydrogen-bond acceptors (Lipinski definition) is 6. The van der Waals surface area contributed by atoms with Crippen LogP contribution in [0.25, 0.3) is 0 Å². The normalized spacial score (nSPS) is 14.2. The van der Waals surface area contributed by atoms with Crippen molar-refractivity contribution in [2.24, 2.45) is 0 Å². The molecule has 0 heterocycles. The summed E-state index contributed by atoms with van der Waals surface area (Å²) in [5, 5.41) is 3.05. The molecule has 0 spiro atoms. The molecule has 77 heavy (non-hydrogen) atoms. The van der Waals surface area contributed by atoms with Crippen LogP contribution >= 0.6 is 7.82 Å². The Morgan fingerprint density at radius 1 is 0.468 bits per heavy atom. The monoisotopic (exact) mass is 1100 g/mol. The summed E-state index contributed by atoms with van der Waals surface area (Å²) in [4.78, 5) is 37.7. The summed E-state index contributed by atoms with van der Waals surface area (Å²) in [7, 11) is 1.48. The molecule has 0 aliphatic rings. The average molecular weight is 1100 g/mol. The summed E-state index contributed by atoms with van der Waals surface area (Å²) in [6, 6.07) is -0.856. The number of phosphoric ester groups is 1. The molecule has 9 nitrogen and oxygen atoms in total. The first-order chi connectivity index (χ1) is 37.4. The Morgan fingerprint density at radius 2 is 0.831 bits per heavy atom. The number of quaternary nitrogens is 1. The summed E-state index contributed by atoms with van der Waals surface area (Å²) < 4.78 is 30.7. The van der Waals surface area contributed by atoms with Gasteiger partial charge < -0.3 is 19.4 Å². The van der Waals surface area contributed by atoms with Gasteiger partial charge in [-0.2, -0.15) is 0 Å². The SMILES string of the molecule is CC/C=C\C/C=C\C/C=C\C/C=C\C/C=C\CCCCCCCCCCCC(=O)NC(COP(=O)(O)OCC[N+](C)(C)C)C(/C=C\CCCCCCCCCCC)OC(=O)CCCCCCCCC/C=C\CCCCCC. The lowest BCUT2D eigenvalue weighted by Crippen LogP contribution is -2.47. The summed E-state index contributed by atoms with van der Waals surface area (Å²) in [6.07, 6.45) is 74.4. The van der Waals surface area contributed by atoms with Gasteiger partial charge in [0, 0.05) is 12.8 Å². The van der Waals surface area contributed by atoms with E-state index in [0.29, 0.717) is 17.4 Å². The van der Waals surface area contributed by atoms with Crippen molar-refractivity contribution < 1.29 is 37.3 Å². The Kier molecular flexibility index (Phi) is 54.4.